The van der Waals surface area contributed by atoms with E-state index in [1.165, 1.54) is 16.7 Å². The Labute approximate surface area is 189 Å². The van der Waals surface area contributed by atoms with Crippen molar-refractivity contribution in [3.05, 3.63) is 70.9 Å². The van der Waals surface area contributed by atoms with Crippen molar-refractivity contribution >= 4 is 5.78 Å². The van der Waals surface area contributed by atoms with E-state index in [9.17, 15) is 4.79 Å². The van der Waals surface area contributed by atoms with E-state index < -0.39 is 0 Å². The molecule has 0 bridgehead atoms. The minimum absolute atomic E-state index is 0.0461. The number of ether oxygens (including phenoxy) is 2. The normalized spacial score (nSPS) is 23.2. The van der Waals surface area contributed by atoms with Crippen molar-refractivity contribution in [1.82, 2.24) is 0 Å². The Morgan fingerprint density at radius 1 is 1.19 bits per heavy atom. The first-order valence-corrected chi connectivity index (χ1v) is 11.6. The Kier molecular flexibility index (Phi) is 11.0. The van der Waals surface area contributed by atoms with Crippen LogP contribution in [-0.4, -0.2) is 32.2 Å². The van der Waals surface area contributed by atoms with Gasteiger partial charge in [-0.1, -0.05) is 67.0 Å². The summed E-state index contributed by atoms with van der Waals surface area (Å²) in [6.45, 7) is 8.45. The van der Waals surface area contributed by atoms with Crippen LogP contribution in [0.4, 0.5) is 0 Å². The lowest BCUT2D eigenvalue weighted by atomic mass is 9.86. The first-order chi connectivity index (χ1) is 15.0. The number of carbonyl (C=O) groups excluding carboxylic acids is 1. The molecule has 0 aromatic rings. The Hall–Kier alpha value is -1.97. The van der Waals surface area contributed by atoms with E-state index in [1.54, 1.807) is 14.2 Å². The summed E-state index contributed by atoms with van der Waals surface area (Å²) in [4.78, 5) is 12.8. The van der Waals surface area contributed by atoms with Gasteiger partial charge in [0.1, 0.15) is 0 Å². The number of rotatable bonds is 10. The highest BCUT2D eigenvalue weighted by Crippen LogP contribution is 2.31. The lowest BCUT2D eigenvalue weighted by molar-refractivity contribution is -0.111. The fraction of sp³-hybridized carbons (Fsp3) is 0.536. The first kappa shape index (κ1) is 25.3. The second-order valence-electron chi connectivity index (χ2n) is 8.63. The maximum Gasteiger partial charge on any atom is 0.181 e. The van der Waals surface area contributed by atoms with Gasteiger partial charge in [-0.3, -0.25) is 4.79 Å². The number of allylic oxidation sites excluding steroid dienone is 9. The van der Waals surface area contributed by atoms with Gasteiger partial charge in [0.2, 0.25) is 0 Å². The van der Waals surface area contributed by atoms with Crippen LogP contribution in [0, 0.1) is 0 Å². The van der Waals surface area contributed by atoms with Crippen LogP contribution in [-0.2, 0) is 14.3 Å². The van der Waals surface area contributed by atoms with Crippen LogP contribution in [0.2, 0.25) is 0 Å². The highest BCUT2D eigenvalue weighted by atomic mass is 16.5. The molecule has 0 fully saturated rings. The van der Waals surface area contributed by atoms with Crippen molar-refractivity contribution < 1.29 is 14.3 Å². The summed E-state index contributed by atoms with van der Waals surface area (Å²) in [6, 6.07) is 0. The summed E-state index contributed by atoms with van der Waals surface area (Å²) >= 11 is 0. The third kappa shape index (κ3) is 8.23. The SMILES string of the molecule is C=C1CC(CC2=CC=C(C(=O)/C=C(/CC=CC)CCC)CC2)=CCC(OC)CC1OC. The summed E-state index contributed by atoms with van der Waals surface area (Å²) in [5.74, 6) is 0.174. The van der Waals surface area contributed by atoms with Crippen molar-refractivity contribution in [3.8, 4) is 0 Å². The topological polar surface area (TPSA) is 35.5 Å². The van der Waals surface area contributed by atoms with E-state index in [0.29, 0.717) is 0 Å². The summed E-state index contributed by atoms with van der Waals surface area (Å²) in [5.41, 5.74) is 6.02. The molecule has 2 aliphatic rings. The first-order valence-electron chi connectivity index (χ1n) is 11.6. The number of hydrogen-bond acceptors (Lipinski definition) is 3. The number of ketones is 1. The summed E-state index contributed by atoms with van der Waals surface area (Å²) in [5, 5.41) is 0. The fourth-order valence-corrected chi connectivity index (χ4v) is 4.29. The molecule has 0 aromatic carbocycles. The van der Waals surface area contributed by atoms with E-state index in [4.69, 9.17) is 9.47 Å². The fourth-order valence-electron chi connectivity index (χ4n) is 4.29. The van der Waals surface area contributed by atoms with E-state index in [0.717, 1.165) is 68.9 Å². The molecule has 0 aromatic heterocycles. The Balaban J connectivity index is 2.07. The lowest BCUT2D eigenvalue weighted by Crippen LogP contribution is -2.24. The molecule has 0 radical (unpaired) electrons. The summed E-state index contributed by atoms with van der Waals surface area (Å²) in [7, 11) is 3.51. The van der Waals surface area contributed by atoms with E-state index in [2.05, 4.69) is 31.7 Å². The van der Waals surface area contributed by atoms with Crippen LogP contribution in [0.1, 0.15) is 71.6 Å². The molecule has 0 saturated heterocycles. The molecule has 170 valence electrons. The molecule has 0 amide bonds. The van der Waals surface area contributed by atoms with Gasteiger partial charge in [0.25, 0.3) is 0 Å². The maximum absolute atomic E-state index is 12.8. The van der Waals surface area contributed by atoms with Gasteiger partial charge in [-0.15, -0.1) is 0 Å². The molecule has 2 unspecified atom stereocenters. The third-order valence-electron chi connectivity index (χ3n) is 6.20. The van der Waals surface area contributed by atoms with E-state index in [1.807, 2.05) is 25.2 Å². The largest absolute Gasteiger partial charge is 0.381 e. The lowest BCUT2D eigenvalue weighted by Gasteiger charge is -2.27. The van der Waals surface area contributed by atoms with Gasteiger partial charge >= 0.3 is 0 Å². The average molecular weight is 425 g/mol. The predicted octanol–water partition coefficient (Wildman–Crippen LogP) is 6.98. The third-order valence-corrected chi connectivity index (χ3v) is 6.20. The standard InChI is InChI=1S/C28H40O3/c1-6-8-10-22(9-7-2)19-27(29)25-14-11-23(12-15-25)18-24-13-16-26(30-4)20-28(31-5)21(3)17-24/h6,8,11,13-14,19,26,28H,3,7,9-10,12,15-18,20H2,1-2,4-5H3/b8-6?,22-19+,24-13?. The molecule has 31 heavy (non-hydrogen) atoms. The zero-order valence-corrected chi connectivity index (χ0v) is 19.9. The van der Waals surface area contributed by atoms with E-state index in [-0.39, 0.29) is 18.0 Å². The van der Waals surface area contributed by atoms with Gasteiger partial charge in [-0.05, 0) is 69.1 Å². The van der Waals surface area contributed by atoms with Crippen LogP contribution in [0.25, 0.3) is 0 Å². The van der Waals surface area contributed by atoms with Crippen LogP contribution >= 0.6 is 0 Å². The zero-order chi connectivity index (χ0) is 22.6. The quantitative estimate of drug-likeness (QED) is 0.280. The van der Waals surface area contributed by atoms with Crippen LogP contribution in [0.3, 0.4) is 0 Å². The molecule has 2 rings (SSSR count). The van der Waals surface area contributed by atoms with Crippen molar-refractivity contribution in [2.24, 2.45) is 0 Å². The van der Waals surface area contributed by atoms with E-state index >= 15 is 0 Å². The smallest absolute Gasteiger partial charge is 0.181 e. The Bertz CT molecular complexity index is 776. The van der Waals surface area contributed by atoms with Crippen molar-refractivity contribution in [1.29, 1.82) is 0 Å². The highest BCUT2D eigenvalue weighted by Gasteiger charge is 2.22. The molecule has 0 spiro atoms. The molecular weight excluding hydrogens is 384 g/mol. The molecule has 3 heteroatoms. The monoisotopic (exact) mass is 424 g/mol. The van der Waals surface area contributed by atoms with Crippen LogP contribution < -0.4 is 0 Å². The van der Waals surface area contributed by atoms with Crippen molar-refractivity contribution in [2.75, 3.05) is 14.2 Å². The van der Waals surface area contributed by atoms with Gasteiger partial charge in [0.15, 0.2) is 5.78 Å². The zero-order valence-electron chi connectivity index (χ0n) is 19.9. The van der Waals surface area contributed by atoms with Gasteiger partial charge in [0.05, 0.1) is 12.2 Å². The number of carbonyl (C=O) groups is 1. The molecule has 0 heterocycles. The van der Waals surface area contributed by atoms with Crippen molar-refractivity contribution in [2.45, 2.75) is 83.8 Å². The molecular formula is C28H40O3. The van der Waals surface area contributed by atoms with Gasteiger partial charge in [-0.25, -0.2) is 0 Å². The molecule has 0 aliphatic heterocycles. The Morgan fingerprint density at radius 2 is 2.00 bits per heavy atom. The Morgan fingerprint density at radius 3 is 2.61 bits per heavy atom. The van der Waals surface area contributed by atoms with Gasteiger partial charge < -0.3 is 9.47 Å². The molecule has 2 aliphatic carbocycles. The molecule has 0 saturated carbocycles. The number of methoxy groups -OCH3 is 2. The number of hydrogen-bond donors (Lipinski definition) is 0. The summed E-state index contributed by atoms with van der Waals surface area (Å²) < 4.78 is 11.3. The molecule has 3 nitrogen and oxygen atoms in total. The van der Waals surface area contributed by atoms with Gasteiger partial charge in [-0.2, -0.15) is 0 Å². The second-order valence-corrected chi connectivity index (χ2v) is 8.63. The highest BCUT2D eigenvalue weighted by molar-refractivity contribution is 6.04. The maximum atomic E-state index is 12.8. The minimum Gasteiger partial charge on any atom is -0.381 e. The van der Waals surface area contributed by atoms with Gasteiger partial charge in [0, 0.05) is 20.6 Å². The average Bonchev–Trinajstić information content (AvgIpc) is 2.76. The van der Waals surface area contributed by atoms with Crippen LogP contribution in [0.5, 0.6) is 0 Å². The predicted molar refractivity (Wildman–Crippen MR) is 130 cm³/mol. The second kappa shape index (κ2) is 13.4. The molecule has 2 atom stereocenters. The summed E-state index contributed by atoms with van der Waals surface area (Å²) in [6.07, 6.45) is 21.0. The van der Waals surface area contributed by atoms with Crippen LogP contribution in [0.15, 0.2) is 70.9 Å². The minimum atomic E-state index is 0.0461. The molecule has 0 N–H and O–H groups in total. The van der Waals surface area contributed by atoms with Crippen molar-refractivity contribution in [3.63, 3.8) is 0 Å².